The maximum Gasteiger partial charge on any atom is 0.303 e. The van der Waals surface area contributed by atoms with Crippen LogP contribution < -0.4 is 0 Å². The number of hydrogen-bond donors (Lipinski definition) is 1. The van der Waals surface area contributed by atoms with Gasteiger partial charge in [-0.25, -0.2) is 0 Å². The van der Waals surface area contributed by atoms with Crippen LogP contribution in [-0.4, -0.2) is 36.9 Å². The summed E-state index contributed by atoms with van der Waals surface area (Å²) in [5.74, 6) is -0.653. The van der Waals surface area contributed by atoms with E-state index in [-0.39, 0.29) is 25.8 Å². The Labute approximate surface area is 151 Å². The van der Waals surface area contributed by atoms with Gasteiger partial charge < -0.3 is 5.11 Å². The summed E-state index contributed by atoms with van der Waals surface area (Å²) in [5.41, 5.74) is 0. The molecule has 3 heteroatoms. The summed E-state index contributed by atoms with van der Waals surface area (Å²) in [6, 6.07) is 0. The van der Waals surface area contributed by atoms with E-state index in [4.69, 9.17) is 5.11 Å². The molecule has 0 heterocycles. The summed E-state index contributed by atoms with van der Waals surface area (Å²) in [6.45, 7) is 2.27. The molecule has 1 N–H and O–H groups in total. The molecule has 0 aliphatic rings. The van der Waals surface area contributed by atoms with Crippen molar-refractivity contribution in [2.75, 3.05) is 0 Å². The van der Waals surface area contributed by atoms with Crippen molar-refractivity contribution < 1.29 is 9.90 Å². The van der Waals surface area contributed by atoms with Gasteiger partial charge in [-0.3, -0.25) is 4.79 Å². The van der Waals surface area contributed by atoms with Crippen LogP contribution in [0.4, 0.5) is 0 Å². The van der Waals surface area contributed by atoms with Gasteiger partial charge in [0.1, 0.15) is 0 Å². The molecule has 0 rings (SSSR count). The molecule has 0 fully saturated rings. The molecule has 0 aliphatic heterocycles. The van der Waals surface area contributed by atoms with Crippen LogP contribution in [-0.2, 0) is 4.79 Å². The summed E-state index contributed by atoms with van der Waals surface area (Å²) in [7, 11) is 0. The van der Waals surface area contributed by atoms with Crippen molar-refractivity contribution >= 4 is 31.8 Å². The van der Waals surface area contributed by atoms with Crippen molar-refractivity contribution in [2.24, 2.45) is 0 Å². The predicted molar refractivity (Wildman–Crippen MR) is 92.9 cm³/mol. The molecule has 0 unspecified atom stereocenters. The fourth-order valence-corrected chi connectivity index (χ4v) is 2.65. The average Bonchev–Trinajstić information content (AvgIpc) is 2.43. The number of unbranched alkanes of at least 4 members (excludes halogenated alkanes) is 14. The number of rotatable bonds is 16. The Morgan fingerprint density at radius 3 is 1.19 bits per heavy atom. The van der Waals surface area contributed by atoms with Crippen LogP contribution in [0.15, 0.2) is 0 Å². The zero-order chi connectivity index (χ0) is 14.9. The molecule has 21 heavy (non-hydrogen) atoms. The second-order valence-electron chi connectivity index (χ2n) is 6.09. The Bertz CT molecular complexity index is 207. The van der Waals surface area contributed by atoms with E-state index in [1.165, 1.54) is 83.5 Å². The molecule has 0 aromatic rings. The first-order chi connectivity index (χ1) is 9.77. The number of carboxylic acids is 1. The molecule has 0 aromatic carbocycles. The quantitative estimate of drug-likeness (QED) is 0.326. The second kappa shape index (κ2) is 20.3. The monoisotopic (exact) mass is 399 g/mol. The molecule has 2 nitrogen and oxygen atoms in total. The largest absolute Gasteiger partial charge is 0.481 e. The van der Waals surface area contributed by atoms with Gasteiger partial charge in [0.15, 0.2) is 0 Å². The van der Waals surface area contributed by atoms with Crippen molar-refractivity contribution in [3.63, 3.8) is 0 Å². The maximum atomic E-state index is 10.3. The Morgan fingerprint density at radius 2 is 0.905 bits per heavy atom. The fraction of sp³-hybridized carbons (Fsp3) is 0.944. The topological polar surface area (TPSA) is 37.3 Å². The molecule has 0 aromatic heterocycles. The van der Waals surface area contributed by atoms with Crippen molar-refractivity contribution in [3.05, 3.63) is 0 Å². The first-order valence-electron chi connectivity index (χ1n) is 8.99. The van der Waals surface area contributed by atoms with Crippen LogP contribution in [0, 0.1) is 0 Å². The molecule has 0 saturated heterocycles. The van der Waals surface area contributed by atoms with E-state index in [2.05, 4.69) is 6.92 Å². The van der Waals surface area contributed by atoms with E-state index in [0.29, 0.717) is 6.42 Å². The third-order valence-corrected chi connectivity index (χ3v) is 3.99. The molecule has 0 saturated carbocycles. The molecule has 0 spiro atoms. The van der Waals surface area contributed by atoms with E-state index in [0.717, 1.165) is 12.8 Å². The van der Waals surface area contributed by atoms with Gasteiger partial charge in [0, 0.05) is 32.3 Å². The van der Waals surface area contributed by atoms with Gasteiger partial charge in [-0.15, -0.1) is 0 Å². The minimum absolute atomic E-state index is 0. The predicted octanol–water partition coefficient (Wildman–Crippen LogP) is 5.95. The Morgan fingerprint density at radius 1 is 0.619 bits per heavy atom. The van der Waals surface area contributed by atoms with Crippen LogP contribution in [0.5, 0.6) is 0 Å². The molecule has 0 aliphatic carbocycles. The van der Waals surface area contributed by atoms with Gasteiger partial charge in [0.25, 0.3) is 0 Å². The van der Waals surface area contributed by atoms with Crippen molar-refractivity contribution in [2.45, 2.75) is 110 Å². The van der Waals surface area contributed by atoms with Gasteiger partial charge in [0.05, 0.1) is 0 Å². The van der Waals surface area contributed by atoms with Crippen LogP contribution in [0.25, 0.3) is 0 Å². The van der Waals surface area contributed by atoms with Crippen LogP contribution in [0.2, 0.25) is 0 Å². The third kappa shape index (κ3) is 22.8. The van der Waals surface area contributed by atoms with E-state index in [1.54, 1.807) is 0 Å². The van der Waals surface area contributed by atoms with Crippen molar-refractivity contribution in [1.82, 2.24) is 0 Å². The molecular formula is C18H36InO2. The zero-order valence-electron chi connectivity index (χ0n) is 14.2. The third-order valence-electron chi connectivity index (χ3n) is 3.99. The minimum Gasteiger partial charge on any atom is -0.481 e. The zero-order valence-corrected chi connectivity index (χ0v) is 17.5. The van der Waals surface area contributed by atoms with Gasteiger partial charge in [-0.1, -0.05) is 96.8 Å². The van der Waals surface area contributed by atoms with Gasteiger partial charge in [-0.05, 0) is 6.42 Å². The van der Waals surface area contributed by atoms with Gasteiger partial charge in [0.2, 0.25) is 0 Å². The molecule has 123 valence electrons. The minimum atomic E-state index is -0.653. The Balaban J connectivity index is 0. The fourth-order valence-electron chi connectivity index (χ4n) is 2.65. The summed E-state index contributed by atoms with van der Waals surface area (Å²) in [4.78, 5) is 10.3. The molecule has 0 amide bonds. The van der Waals surface area contributed by atoms with E-state index < -0.39 is 5.97 Å². The smallest absolute Gasteiger partial charge is 0.303 e. The normalized spacial score (nSPS) is 10.3. The number of carboxylic acid groups (broad SMARTS) is 1. The van der Waals surface area contributed by atoms with Crippen molar-refractivity contribution in [3.8, 4) is 0 Å². The maximum absolute atomic E-state index is 10.3. The molecule has 0 atom stereocenters. The summed E-state index contributed by atoms with van der Waals surface area (Å²) < 4.78 is 0. The first-order valence-corrected chi connectivity index (χ1v) is 8.99. The summed E-state index contributed by atoms with van der Waals surface area (Å²) in [5, 5.41) is 8.52. The molecular weight excluding hydrogens is 363 g/mol. The van der Waals surface area contributed by atoms with Gasteiger partial charge >= 0.3 is 5.97 Å². The van der Waals surface area contributed by atoms with Crippen LogP contribution in [0.1, 0.15) is 110 Å². The number of carbonyl (C=O) groups is 1. The summed E-state index contributed by atoms with van der Waals surface area (Å²) >= 11 is 0. The van der Waals surface area contributed by atoms with Crippen molar-refractivity contribution in [1.29, 1.82) is 0 Å². The van der Waals surface area contributed by atoms with Crippen LogP contribution >= 0.6 is 0 Å². The van der Waals surface area contributed by atoms with E-state index >= 15 is 0 Å². The van der Waals surface area contributed by atoms with E-state index in [1.807, 2.05) is 0 Å². The van der Waals surface area contributed by atoms with E-state index in [9.17, 15) is 4.79 Å². The Hall–Kier alpha value is 0.340. The van der Waals surface area contributed by atoms with Gasteiger partial charge in [-0.2, -0.15) is 0 Å². The van der Waals surface area contributed by atoms with Crippen LogP contribution in [0.3, 0.4) is 0 Å². The number of hydrogen-bond acceptors (Lipinski definition) is 1. The standard InChI is InChI=1S/C18H36O2.In/c1-2-3-4-5-6-7-8-9-10-11-12-13-14-15-16-17-18(19)20;/h2-17H2,1H3,(H,19,20);. The first kappa shape index (κ1) is 23.6. The SMILES string of the molecule is CCCCCCCCCCCCCCCCCC(=O)O.[In]. The number of aliphatic carboxylic acids is 1. The average molecular weight is 399 g/mol. The second-order valence-corrected chi connectivity index (χ2v) is 6.09. The Kier molecular flexibility index (Phi) is 22.9. The molecule has 3 radical (unpaired) electrons. The molecule has 0 bridgehead atoms. The summed E-state index contributed by atoms with van der Waals surface area (Å²) in [6.07, 6.45) is 20.2.